The van der Waals surface area contributed by atoms with E-state index in [0.717, 1.165) is 45.7 Å². The van der Waals surface area contributed by atoms with Crippen LogP contribution in [-0.2, 0) is 6.42 Å². The average molecular weight is 432 g/mol. The van der Waals surface area contributed by atoms with Crippen LogP contribution in [-0.4, -0.2) is 24.9 Å². The second-order valence-electron chi connectivity index (χ2n) is 8.86. The zero-order valence-corrected chi connectivity index (χ0v) is 19.0. The fraction of sp³-hybridized carbons (Fsp3) is 0.179. The molecule has 0 unspecified atom stereocenters. The van der Waals surface area contributed by atoms with E-state index in [4.69, 9.17) is 4.98 Å². The third kappa shape index (κ3) is 3.20. The van der Waals surface area contributed by atoms with Gasteiger partial charge in [-0.05, 0) is 39.6 Å². The molecule has 0 saturated heterocycles. The van der Waals surface area contributed by atoms with Crippen LogP contribution in [0.1, 0.15) is 38.3 Å². The Morgan fingerprint density at radius 1 is 0.788 bits per heavy atom. The van der Waals surface area contributed by atoms with Crippen molar-refractivity contribution in [2.24, 2.45) is 0 Å². The summed E-state index contributed by atoms with van der Waals surface area (Å²) in [6.07, 6.45) is 6.57. The van der Waals surface area contributed by atoms with E-state index in [0.29, 0.717) is 5.92 Å². The topological polar surface area (TPSA) is 70.2 Å². The zero-order chi connectivity index (χ0) is 22.5. The molecule has 3 aromatic heterocycles. The number of hydrogen-bond donors (Lipinski definition) is 2. The molecule has 162 valence electrons. The van der Waals surface area contributed by atoms with E-state index in [9.17, 15) is 0 Å². The largest absolute Gasteiger partial charge is 0.342 e. The van der Waals surface area contributed by atoms with Gasteiger partial charge in [-0.3, -0.25) is 4.98 Å². The van der Waals surface area contributed by atoms with Crippen LogP contribution in [0.4, 0.5) is 0 Å². The lowest BCUT2D eigenvalue weighted by atomic mass is 9.96. The lowest BCUT2D eigenvalue weighted by Crippen LogP contribution is -1.89. The number of nitrogens with one attached hydrogen (secondary N) is 2. The Bertz CT molecular complexity index is 1620. The van der Waals surface area contributed by atoms with Gasteiger partial charge in [0.25, 0.3) is 0 Å². The normalized spacial score (nSPS) is 11.9. The summed E-state index contributed by atoms with van der Waals surface area (Å²) in [6.45, 7) is 6.41. The van der Waals surface area contributed by atoms with Gasteiger partial charge in [-0.2, -0.15) is 0 Å². The van der Waals surface area contributed by atoms with Gasteiger partial charge >= 0.3 is 0 Å². The number of aromatic amines is 2. The molecule has 0 saturated carbocycles. The van der Waals surface area contributed by atoms with Gasteiger partial charge in [0.2, 0.25) is 0 Å². The Hall–Kier alpha value is -3.99. The number of benzene rings is 3. The van der Waals surface area contributed by atoms with Gasteiger partial charge in [0, 0.05) is 35.5 Å². The monoisotopic (exact) mass is 431 g/mol. The van der Waals surface area contributed by atoms with Gasteiger partial charge < -0.3 is 9.97 Å². The van der Waals surface area contributed by atoms with E-state index in [1.54, 1.807) is 0 Å². The molecule has 0 aliphatic carbocycles. The zero-order valence-electron chi connectivity index (χ0n) is 19.0. The minimum atomic E-state index is 0.385. The van der Waals surface area contributed by atoms with Crippen LogP contribution in [0.3, 0.4) is 0 Å². The molecule has 5 nitrogen and oxygen atoms in total. The highest BCUT2D eigenvalue weighted by molar-refractivity contribution is 6.23. The van der Waals surface area contributed by atoms with Crippen molar-refractivity contribution in [3.8, 4) is 22.4 Å². The highest BCUT2D eigenvalue weighted by Crippen LogP contribution is 2.36. The lowest BCUT2D eigenvalue weighted by molar-refractivity contribution is 0.795. The van der Waals surface area contributed by atoms with Crippen LogP contribution in [0.25, 0.3) is 55.0 Å². The number of nitrogens with zero attached hydrogens (tertiary/aromatic N) is 3. The van der Waals surface area contributed by atoms with Crippen molar-refractivity contribution >= 4 is 32.6 Å². The molecule has 33 heavy (non-hydrogen) atoms. The Balaban J connectivity index is 1.48. The second kappa shape index (κ2) is 7.55. The summed E-state index contributed by atoms with van der Waals surface area (Å²) >= 11 is 0. The van der Waals surface area contributed by atoms with Crippen molar-refractivity contribution < 1.29 is 0 Å². The number of imidazole rings is 2. The van der Waals surface area contributed by atoms with Crippen molar-refractivity contribution in [2.75, 3.05) is 0 Å². The van der Waals surface area contributed by atoms with Gasteiger partial charge in [0.05, 0.1) is 22.9 Å². The molecule has 0 spiro atoms. The molecular weight excluding hydrogens is 406 g/mol. The van der Waals surface area contributed by atoms with Crippen LogP contribution in [0, 0.1) is 0 Å². The minimum Gasteiger partial charge on any atom is -0.342 e. The van der Waals surface area contributed by atoms with Crippen LogP contribution in [0.15, 0.2) is 67.1 Å². The Morgan fingerprint density at radius 3 is 2.33 bits per heavy atom. The number of pyridine rings is 1. The molecule has 3 aromatic carbocycles. The van der Waals surface area contributed by atoms with Crippen molar-refractivity contribution in [1.29, 1.82) is 0 Å². The van der Waals surface area contributed by atoms with Crippen molar-refractivity contribution in [1.82, 2.24) is 24.9 Å². The maximum absolute atomic E-state index is 4.84. The summed E-state index contributed by atoms with van der Waals surface area (Å²) in [4.78, 5) is 20.7. The number of fused-ring (bicyclic) bond motifs is 6. The van der Waals surface area contributed by atoms with Crippen molar-refractivity contribution in [2.45, 2.75) is 33.1 Å². The van der Waals surface area contributed by atoms with Crippen LogP contribution >= 0.6 is 0 Å². The molecule has 6 rings (SSSR count). The molecule has 0 aliphatic rings. The third-order valence-electron chi connectivity index (χ3n) is 6.41. The SMILES string of the molecule is CCc1nc2c3cnccc3c3cc(-c4ccc(-c5cnc(C(C)C)[nH]5)cc4)ccc3c2[nH]1. The quantitative estimate of drug-likeness (QED) is 0.295. The summed E-state index contributed by atoms with van der Waals surface area (Å²) in [7, 11) is 0. The second-order valence-corrected chi connectivity index (χ2v) is 8.86. The predicted molar refractivity (Wildman–Crippen MR) is 135 cm³/mol. The summed E-state index contributed by atoms with van der Waals surface area (Å²) in [6, 6.07) is 17.5. The van der Waals surface area contributed by atoms with E-state index >= 15 is 0 Å². The fourth-order valence-electron chi connectivity index (χ4n) is 4.58. The predicted octanol–water partition coefficient (Wildman–Crippen LogP) is 7.01. The first-order chi connectivity index (χ1) is 16.1. The van der Waals surface area contributed by atoms with E-state index in [1.807, 2.05) is 18.6 Å². The van der Waals surface area contributed by atoms with Crippen LogP contribution in [0.5, 0.6) is 0 Å². The third-order valence-corrected chi connectivity index (χ3v) is 6.41. The standard InChI is InChI=1S/C28H25N5/c1-4-25-32-26-21-10-9-19(13-22(21)20-11-12-29-14-23(20)27(26)33-25)17-5-7-18(8-6-17)24-15-30-28(31-24)16(2)3/h5-16H,4H2,1-3H3,(H,30,31)(H,32,33). The van der Waals surface area contributed by atoms with Crippen LogP contribution < -0.4 is 0 Å². The maximum atomic E-state index is 4.84. The number of aryl methyl sites for hydroxylation is 1. The first kappa shape index (κ1) is 19.7. The molecule has 0 aliphatic heterocycles. The highest BCUT2D eigenvalue weighted by Gasteiger charge is 2.14. The maximum Gasteiger partial charge on any atom is 0.109 e. The molecule has 0 amide bonds. The van der Waals surface area contributed by atoms with Gasteiger partial charge in [-0.15, -0.1) is 0 Å². The first-order valence-corrected chi connectivity index (χ1v) is 11.5. The van der Waals surface area contributed by atoms with Crippen molar-refractivity contribution in [3.05, 3.63) is 78.8 Å². The molecule has 5 heteroatoms. The fourth-order valence-corrected chi connectivity index (χ4v) is 4.58. The summed E-state index contributed by atoms with van der Waals surface area (Å²) in [5.74, 6) is 2.40. The van der Waals surface area contributed by atoms with Gasteiger partial charge in [-0.1, -0.05) is 57.2 Å². The highest BCUT2D eigenvalue weighted by atomic mass is 14.9. The molecular formula is C28H25N5. The number of hydrogen-bond acceptors (Lipinski definition) is 3. The van der Waals surface area contributed by atoms with E-state index in [-0.39, 0.29) is 0 Å². The number of H-pyrrole nitrogens is 2. The van der Waals surface area contributed by atoms with Gasteiger partial charge in [0.1, 0.15) is 11.6 Å². The number of aromatic nitrogens is 5. The van der Waals surface area contributed by atoms with Crippen LogP contribution in [0.2, 0.25) is 0 Å². The van der Waals surface area contributed by atoms with Crippen molar-refractivity contribution in [3.63, 3.8) is 0 Å². The van der Waals surface area contributed by atoms with E-state index in [1.165, 1.54) is 27.3 Å². The Kier molecular flexibility index (Phi) is 4.50. The summed E-state index contributed by atoms with van der Waals surface area (Å²) in [5, 5.41) is 4.67. The molecule has 3 heterocycles. The Morgan fingerprint density at radius 2 is 1.58 bits per heavy atom. The molecule has 0 atom stereocenters. The summed E-state index contributed by atoms with van der Waals surface area (Å²) < 4.78 is 0. The molecule has 0 bridgehead atoms. The smallest absolute Gasteiger partial charge is 0.109 e. The van der Waals surface area contributed by atoms with Gasteiger partial charge in [0.15, 0.2) is 0 Å². The minimum absolute atomic E-state index is 0.385. The lowest BCUT2D eigenvalue weighted by Gasteiger charge is -2.09. The van der Waals surface area contributed by atoms with E-state index in [2.05, 4.69) is 89.2 Å². The first-order valence-electron chi connectivity index (χ1n) is 11.5. The molecule has 2 N–H and O–H groups in total. The Labute approximate surface area is 191 Å². The molecule has 0 fully saturated rings. The number of rotatable bonds is 4. The molecule has 0 radical (unpaired) electrons. The average Bonchev–Trinajstić information content (AvgIpc) is 3.52. The molecule has 6 aromatic rings. The summed E-state index contributed by atoms with van der Waals surface area (Å²) in [5.41, 5.74) is 6.65. The van der Waals surface area contributed by atoms with E-state index < -0.39 is 0 Å². The van der Waals surface area contributed by atoms with Gasteiger partial charge in [-0.25, -0.2) is 9.97 Å².